The van der Waals surface area contributed by atoms with Crippen LogP contribution in [0.15, 0.2) is 0 Å². The van der Waals surface area contributed by atoms with E-state index in [2.05, 4.69) is 27.7 Å². The summed E-state index contributed by atoms with van der Waals surface area (Å²) >= 11 is 0. The number of rotatable bonds is 5. The van der Waals surface area contributed by atoms with Gasteiger partial charge in [0.2, 0.25) is 0 Å². The van der Waals surface area contributed by atoms with Gasteiger partial charge in [0, 0.05) is 30.1 Å². The maximum Gasteiger partial charge on any atom is 0.187 e. The van der Waals surface area contributed by atoms with Crippen LogP contribution in [0, 0.1) is 46.3 Å². The molecule has 302 valence electrons. The number of aliphatic hydroxyl groups excluding tert-OH is 6. The average molecular weight is 755 g/mol. The summed E-state index contributed by atoms with van der Waals surface area (Å²) in [6, 6.07) is 0. The minimum atomic E-state index is -1.66. The maximum atomic E-state index is 14.3. The van der Waals surface area contributed by atoms with Crippen LogP contribution < -0.4 is 0 Å². The van der Waals surface area contributed by atoms with Crippen LogP contribution in [0.2, 0.25) is 0 Å². The molecule has 0 radical (unpaired) electrons. The highest BCUT2D eigenvalue weighted by atomic mass is 16.8. The maximum absolute atomic E-state index is 14.3. The molecule has 0 amide bonds. The van der Waals surface area contributed by atoms with Gasteiger partial charge in [-0.05, 0) is 81.0 Å². The number of ether oxygens (including phenoxy) is 6. The van der Waals surface area contributed by atoms with E-state index in [1.165, 1.54) is 6.92 Å². The number of carbonyl (C=O) groups is 1. The van der Waals surface area contributed by atoms with E-state index in [0.29, 0.717) is 44.6 Å². The van der Waals surface area contributed by atoms with Crippen molar-refractivity contribution in [1.82, 2.24) is 0 Å². The summed E-state index contributed by atoms with van der Waals surface area (Å²) in [4.78, 5) is 14.3. The van der Waals surface area contributed by atoms with Crippen LogP contribution in [0.5, 0.6) is 0 Å². The molecule has 4 aliphatic carbocycles. The highest BCUT2D eigenvalue weighted by Gasteiger charge is 2.77. The molecule has 7 N–H and O–H groups in total. The van der Waals surface area contributed by atoms with Crippen LogP contribution in [-0.2, 0) is 33.2 Å². The molecule has 0 aromatic heterocycles. The molecule has 0 aromatic rings. The minimum absolute atomic E-state index is 0.133. The van der Waals surface area contributed by atoms with Gasteiger partial charge in [-0.15, -0.1) is 0 Å². The Morgan fingerprint density at radius 1 is 0.811 bits per heavy atom. The van der Waals surface area contributed by atoms with Gasteiger partial charge in [0.05, 0.1) is 31.5 Å². The second-order valence-corrected chi connectivity index (χ2v) is 18.7. The van der Waals surface area contributed by atoms with Crippen LogP contribution in [0.25, 0.3) is 0 Å². The summed E-state index contributed by atoms with van der Waals surface area (Å²) in [6.07, 6.45) is -8.42. The molecule has 53 heavy (non-hydrogen) atoms. The number of aliphatic hydroxyl groups is 7. The first-order chi connectivity index (χ1) is 25.0. The first kappa shape index (κ1) is 39.0. The van der Waals surface area contributed by atoms with Crippen molar-refractivity contribution < 1.29 is 69.0 Å². The molecule has 0 bridgehead atoms. The molecule has 8 aliphatic rings. The number of ketones is 1. The Hall–Kier alpha value is -0.850. The predicted octanol–water partition coefficient (Wildman–Crippen LogP) is 0.764. The van der Waals surface area contributed by atoms with Crippen molar-refractivity contribution in [3.8, 4) is 0 Å². The fourth-order valence-corrected chi connectivity index (χ4v) is 12.9. The Morgan fingerprint density at radius 3 is 2.26 bits per heavy atom. The first-order valence-corrected chi connectivity index (χ1v) is 20.2. The second-order valence-electron chi connectivity index (χ2n) is 18.7. The Labute approximate surface area is 311 Å². The molecule has 14 nitrogen and oxygen atoms in total. The molecule has 0 unspecified atom stereocenters. The van der Waals surface area contributed by atoms with Gasteiger partial charge in [0.25, 0.3) is 0 Å². The van der Waals surface area contributed by atoms with Gasteiger partial charge in [-0.2, -0.15) is 0 Å². The molecule has 22 atom stereocenters. The highest BCUT2D eigenvalue weighted by molar-refractivity contribution is 5.83. The van der Waals surface area contributed by atoms with Crippen molar-refractivity contribution in [3.63, 3.8) is 0 Å². The Morgan fingerprint density at radius 2 is 1.57 bits per heavy atom. The normalized spacial score (nSPS) is 59.6. The zero-order chi connectivity index (χ0) is 38.0. The van der Waals surface area contributed by atoms with Crippen molar-refractivity contribution in [2.75, 3.05) is 13.2 Å². The van der Waals surface area contributed by atoms with Crippen LogP contribution in [0.1, 0.15) is 92.4 Å². The lowest BCUT2D eigenvalue weighted by molar-refractivity contribution is -0.370. The lowest BCUT2D eigenvalue weighted by Gasteiger charge is -2.61. The van der Waals surface area contributed by atoms with E-state index in [4.69, 9.17) is 28.4 Å². The fraction of sp³-hybridized carbons (Fsp3) is 0.974. The summed E-state index contributed by atoms with van der Waals surface area (Å²) in [5.41, 5.74) is -1.72. The van der Waals surface area contributed by atoms with E-state index in [0.717, 1.165) is 25.7 Å². The number of carbonyl (C=O) groups excluding carboxylic acids is 1. The fourth-order valence-electron chi connectivity index (χ4n) is 12.9. The summed E-state index contributed by atoms with van der Waals surface area (Å²) in [7, 11) is 0. The zero-order valence-electron chi connectivity index (χ0n) is 31.7. The van der Waals surface area contributed by atoms with Gasteiger partial charge in [0.1, 0.15) is 54.1 Å². The third-order valence-corrected chi connectivity index (χ3v) is 16.2. The molecule has 8 rings (SSSR count). The molecule has 4 heterocycles. The number of hydrogen-bond acceptors (Lipinski definition) is 14. The van der Waals surface area contributed by atoms with Gasteiger partial charge < -0.3 is 64.2 Å². The lowest BCUT2D eigenvalue weighted by Crippen LogP contribution is -2.64. The first-order valence-electron chi connectivity index (χ1n) is 20.2. The predicted molar refractivity (Wildman–Crippen MR) is 183 cm³/mol. The monoisotopic (exact) mass is 754 g/mol. The standard InChI is InChI=1S/C39H62O14/c1-17-6-11-38(48-16-17)19(3)39(47)27(53-38)14-23-21-13-25(41)24-12-20(7-9-36(24,4)22(21)8-10-37(23,39)5)50-35-33(31(45)29(43)26(15-40)51-35)52-34-32(46)30(44)28(42)18(2)49-34/h17-24,26-35,40,42-47H,6-16H2,1-5H3/t17-,18+,19-,20+,21-,22+,23+,24-,26-,27+,28+,29-,30-,31+,32-,33-,34-,35-,36-,37+,38-,39-/m1/s1. The van der Waals surface area contributed by atoms with Gasteiger partial charge in [-0.25, -0.2) is 0 Å². The Kier molecular flexibility index (Phi) is 10.0. The van der Waals surface area contributed by atoms with Gasteiger partial charge in [-0.1, -0.05) is 27.7 Å². The van der Waals surface area contributed by atoms with Crippen molar-refractivity contribution in [2.24, 2.45) is 46.3 Å². The molecular weight excluding hydrogens is 692 g/mol. The van der Waals surface area contributed by atoms with Crippen LogP contribution in [0.3, 0.4) is 0 Å². The molecule has 1 spiro atoms. The number of hydrogen-bond donors (Lipinski definition) is 7. The van der Waals surface area contributed by atoms with Crippen LogP contribution in [-0.4, -0.2) is 140 Å². The third-order valence-electron chi connectivity index (χ3n) is 16.2. The Balaban J connectivity index is 0.976. The van der Waals surface area contributed by atoms with E-state index in [-0.39, 0.29) is 46.9 Å². The highest BCUT2D eigenvalue weighted by Crippen LogP contribution is 2.72. The van der Waals surface area contributed by atoms with E-state index >= 15 is 0 Å². The molecule has 8 fully saturated rings. The third kappa shape index (κ3) is 5.71. The molecule has 4 saturated carbocycles. The summed E-state index contributed by atoms with van der Waals surface area (Å²) in [5, 5.41) is 75.6. The molecule has 4 aliphatic heterocycles. The summed E-state index contributed by atoms with van der Waals surface area (Å²) < 4.78 is 37.1. The van der Waals surface area contributed by atoms with Crippen molar-refractivity contribution >= 4 is 5.78 Å². The lowest BCUT2D eigenvalue weighted by atomic mass is 9.43. The van der Waals surface area contributed by atoms with Gasteiger partial charge >= 0.3 is 0 Å². The molecule has 4 saturated heterocycles. The average Bonchev–Trinajstić information content (AvgIpc) is 3.48. The van der Waals surface area contributed by atoms with E-state index in [1.54, 1.807) is 0 Å². The smallest absolute Gasteiger partial charge is 0.187 e. The van der Waals surface area contributed by atoms with Crippen molar-refractivity contribution in [1.29, 1.82) is 0 Å². The minimum Gasteiger partial charge on any atom is -0.394 e. The van der Waals surface area contributed by atoms with Crippen molar-refractivity contribution in [3.05, 3.63) is 0 Å². The van der Waals surface area contributed by atoms with Gasteiger partial charge in [0.15, 0.2) is 18.4 Å². The largest absolute Gasteiger partial charge is 0.394 e. The molecular formula is C39H62O14. The zero-order valence-corrected chi connectivity index (χ0v) is 31.7. The van der Waals surface area contributed by atoms with Gasteiger partial charge in [-0.3, -0.25) is 4.79 Å². The topological polar surface area (TPSA) is 214 Å². The van der Waals surface area contributed by atoms with E-state index in [1.807, 2.05) is 0 Å². The van der Waals surface area contributed by atoms with E-state index in [9.17, 15) is 40.5 Å². The quantitative estimate of drug-likeness (QED) is 0.193. The van der Waals surface area contributed by atoms with Crippen LogP contribution in [0.4, 0.5) is 0 Å². The van der Waals surface area contributed by atoms with Crippen molar-refractivity contribution in [2.45, 2.75) is 177 Å². The molecule has 0 aromatic carbocycles. The SMILES string of the molecule is C[C@@H]1CC[C@@]2(OC1)O[C@H]1C[C@H]3[C@@H]4CC(=O)[C@H]5C[C@@H](O[C@@H]6O[C@H](CO)[C@@H](O)[C@H](O)[C@H]6O[C@H]6O[C@@H](C)[C@H](O)[C@@H](O)[C@H]6O)CC[C@]5(C)[C@H]4CC[C@]3(C)[C@@]1(O)[C@@H]2C. The molecule has 14 heteroatoms. The van der Waals surface area contributed by atoms with E-state index < -0.39 is 90.9 Å². The summed E-state index contributed by atoms with van der Waals surface area (Å²) in [5.74, 6) is 0.00822. The second kappa shape index (κ2) is 13.6. The summed E-state index contributed by atoms with van der Waals surface area (Å²) in [6.45, 7) is 10.3. The number of Topliss-reactive ketones (excluding diaryl/α,β-unsaturated/α-hetero) is 1. The van der Waals surface area contributed by atoms with Crippen LogP contribution >= 0.6 is 0 Å². The Bertz CT molecular complexity index is 1380. The number of fused-ring (bicyclic) bond motifs is 7.